The maximum Gasteiger partial charge on any atom is 0.212 e. The van der Waals surface area contributed by atoms with Gasteiger partial charge in [0.15, 0.2) is 0 Å². The number of ether oxygens (including phenoxy) is 1. The molecule has 0 N–H and O–H groups in total. The molecule has 0 unspecified atom stereocenters. The first-order valence-corrected chi connectivity index (χ1v) is 7.97. The molecule has 0 atom stereocenters. The van der Waals surface area contributed by atoms with Gasteiger partial charge in [-0.2, -0.15) is 0 Å². The van der Waals surface area contributed by atoms with Crippen LogP contribution in [-0.4, -0.2) is 52.7 Å². The molecule has 2 aliphatic rings. The smallest absolute Gasteiger partial charge is 0.212 e. The molecule has 0 amide bonds. The summed E-state index contributed by atoms with van der Waals surface area (Å²) in [5.41, 5.74) is 1.73. The molecule has 0 aromatic carbocycles. The van der Waals surface area contributed by atoms with E-state index in [2.05, 4.69) is 26.5 Å². The predicted molar refractivity (Wildman–Crippen MR) is 78.3 cm³/mol. The molecule has 1 aromatic heterocycles. The lowest BCUT2D eigenvalue weighted by molar-refractivity contribution is 0.0982. The van der Waals surface area contributed by atoms with E-state index in [1.54, 1.807) is 7.11 Å². The van der Waals surface area contributed by atoms with Crippen molar-refractivity contribution >= 4 is 11.9 Å². The van der Waals surface area contributed by atoms with E-state index in [1.165, 1.54) is 24.9 Å². The summed E-state index contributed by atoms with van der Waals surface area (Å²) in [6, 6.07) is 4.08. The summed E-state index contributed by atoms with van der Waals surface area (Å²) in [6.07, 6.45) is 6.80. The van der Waals surface area contributed by atoms with Crippen LogP contribution in [0.25, 0.3) is 0 Å². The molecular formula is C14H21N3OS. The van der Waals surface area contributed by atoms with Crippen molar-refractivity contribution in [1.29, 1.82) is 0 Å². The first kappa shape index (κ1) is 13.2. The molecule has 0 bridgehead atoms. The van der Waals surface area contributed by atoms with Crippen molar-refractivity contribution in [3.63, 3.8) is 0 Å². The summed E-state index contributed by atoms with van der Waals surface area (Å²) in [4.78, 5) is 6.94. The SMILES string of the molecule is COc1ccc(CN2CCN(SC)CC23CC3)cn1. The van der Waals surface area contributed by atoms with Crippen LogP contribution >= 0.6 is 11.9 Å². The highest BCUT2D eigenvalue weighted by molar-refractivity contribution is 7.96. The van der Waals surface area contributed by atoms with E-state index in [4.69, 9.17) is 4.74 Å². The van der Waals surface area contributed by atoms with Crippen LogP contribution in [0.1, 0.15) is 18.4 Å². The predicted octanol–water partition coefficient (Wildman–Crippen LogP) is 2.02. The van der Waals surface area contributed by atoms with E-state index >= 15 is 0 Å². The Hall–Kier alpha value is -0.780. The largest absolute Gasteiger partial charge is 0.481 e. The van der Waals surface area contributed by atoms with E-state index in [0.717, 1.165) is 19.6 Å². The topological polar surface area (TPSA) is 28.6 Å². The van der Waals surface area contributed by atoms with E-state index in [0.29, 0.717) is 11.4 Å². The average Bonchev–Trinajstić information content (AvgIpc) is 3.22. The second kappa shape index (κ2) is 5.31. The summed E-state index contributed by atoms with van der Waals surface area (Å²) in [5, 5.41) is 0. The van der Waals surface area contributed by atoms with Crippen LogP contribution in [0.3, 0.4) is 0 Å². The molecule has 1 aliphatic heterocycles. The van der Waals surface area contributed by atoms with Gasteiger partial charge < -0.3 is 4.74 Å². The van der Waals surface area contributed by atoms with Gasteiger partial charge in [0.2, 0.25) is 5.88 Å². The average molecular weight is 279 g/mol. The van der Waals surface area contributed by atoms with Crippen LogP contribution in [0.2, 0.25) is 0 Å². The Balaban J connectivity index is 1.66. The zero-order chi connectivity index (χ0) is 13.3. The summed E-state index contributed by atoms with van der Waals surface area (Å²) in [6.45, 7) is 4.54. The second-order valence-electron chi connectivity index (χ2n) is 5.40. The molecule has 2 fully saturated rings. The van der Waals surface area contributed by atoms with Crippen LogP contribution in [0.15, 0.2) is 18.3 Å². The van der Waals surface area contributed by atoms with Gasteiger partial charge in [-0.1, -0.05) is 18.0 Å². The lowest BCUT2D eigenvalue weighted by Crippen LogP contribution is -2.52. The number of rotatable bonds is 4. The van der Waals surface area contributed by atoms with E-state index in [-0.39, 0.29) is 0 Å². The number of pyridine rings is 1. The molecule has 1 saturated heterocycles. The van der Waals surface area contributed by atoms with Crippen molar-refractivity contribution in [2.45, 2.75) is 24.9 Å². The Morgan fingerprint density at radius 3 is 2.79 bits per heavy atom. The number of hydrogen-bond donors (Lipinski definition) is 0. The number of aromatic nitrogens is 1. The minimum absolute atomic E-state index is 0.446. The lowest BCUT2D eigenvalue weighted by Gasteiger charge is -2.41. The van der Waals surface area contributed by atoms with Gasteiger partial charge in [0, 0.05) is 44.0 Å². The Morgan fingerprint density at radius 2 is 2.21 bits per heavy atom. The zero-order valence-electron chi connectivity index (χ0n) is 11.6. The maximum absolute atomic E-state index is 5.11. The Kier molecular flexibility index (Phi) is 3.69. The first-order chi connectivity index (χ1) is 9.25. The van der Waals surface area contributed by atoms with Gasteiger partial charge in [0.25, 0.3) is 0 Å². The molecule has 19 heavy (non-hydrogen) atoms. The van der Waals surface area contributed by atoms with Crippen LogP contribution in [0.5, 0.6) is 5.88 Å². The molecule has 4 nitrogen and oxygen atoms in total. The Morgan fingerprint density at radius 1 is 1.37 bits per heavy atom. The van der Waals surface area contributed by atoms with Crippen molar-refractivity contribution in [1.82, 2.24) is 14.2 Å². The highest BCUT2D eigenvalue weighted by atomic mass is 32.2. The Bertz CT molecular complexity index is 433. The lowest BCUT2D eigenvalue weighted by atomic mass is 10.1. The van der Waals surface area contributed by atoms with Crippen molar-refractivity contribution in [3.8, 4) is 5.88 Å². The molecule has 1 aliphatic carbocycles. The molecular weight excluding hydrogens is 258 g/mol. The highest BCUT2D eigenvalue weighted by Crippen LogP contribution is 2.45. The van der Waals surface area contributed by atoms with Crippen molar-refractivity contribution in [3.05, 3.63) is 23.9 Å². The first-order valence-electron chi connectivity index (χ1n) is 6.79. The standard InChI is InChI=1S/C14H21N3OS/c1-18-13-4-3-12(9-15-13)10-16-7-8-17(19-2)11-14(16)5-6-14/h3-4,9H,5-8,10-11H2,1-2H3. The summed E-state index contributed by atoms with van der Waals surface area (Å²) in [7, 11) is 1.66. The van der Waals surface area contributed by atoms with Gasteiger partial charge >= 0.3 is 0 Å². The fourth-order valence-corrected chi connectivity index (χ4v) is 3.48. The van der Waals surface area contributed by atoms with Crippen molar-refractivity contribution in [2.75, 3.05) is 33.0 Å². The summed E-state index contributed by atoms with van der Waals surface area (Å²) >= 11 is 1.88. The molecule has 1 saturated carbocycles. The molecule has 104 valence electrons. The maximum atomic E-state index is 5.11. The normalized spacial score (nSPS) is 22.6. The van der Waals surface area contributed by atoms with Crippen LogP contribution in [-0.2, 0) is 6.54 Å². The third-order valence-electron chi connectivity index (χ3n) is 4.23. The van der Waals surface area contributed by atoms with Crippen molar-refractivity contribution < 1.29 is 4.74 Å². The van der Waals surface area contributed by atoms with Gasteiger partial charge in [-0.05, 0) is 24.7 Å². The van der Waals surface area contributed by atoms with Crippen LogP contribution in [0, 0.1) is 0 Å². The number of piperazine rings is 1. The van der Waals surface area contributed by atoms with Gasteiger partial charge in [-0.15, -0.1) is 0 Å². The highest BCUT2D eigenvalue weighted by Gasteiger charge is 2.50. The number of nitrogens with zero attached hydrogens (tertiary/aromatic N) is 3. The number of methoxy groups -OCH3 is 1. The van der Waals surface area contributed by atoms with Crippen LogP contribution in [0.4, 0.5) is 0 Å². The second-order valence-corrected chi connectivity index (χ2v) is 6.28. The quantitative estimate of drug-likeness (QED) is 0.786. The van der Waals surface area contributed by atoms with Gasteiger partial charge in [0.1, 0.15) is 0 Å². The molecule has 2 heterocycles. The van der Waals surface area contributed by atoms with Crippen molar-refractivity contribution in [2.24, 2.45) is 0 Å². The third-order valence-corrected chi connectivity index (χ3v) is 5.05. The minimum atomic E-state index is 0.446. The third kappa shape index (κ3) is 2.73. The van der Waals surface area contributed by atoms with E-state index < -0.39 is 0 Å². The van der Waals surface area contributed by atoms with Gasteiger partial charge in [0.05, 0.1) is 7.11 Å². The zero-order valence-corrected chi connectivity index (χ0v) is 12.4. The summed E-state index contributed by atoms with van der Waals surface area (Å²) in [5.74, 6) is 0.692. The van der Waals surface area contributed by atoms with Gasteiger partial charge in [-0.3, -0.25) is 4.90 Å². The monoisotopic (exact) mass is 279 g/mol. The fraction of sp³-hybridized carbons (Fsp3) is 0.643. The molecule has 0 radical (unpaired) electrons. The molecule has 1 spiro atoms. The minimum Gasteiger partial charge on any atom is -0.481 e. The van der Waals surface area contributed by atoms with Crippen LogP contribution < -0.4 is 4.74 Å². The summed E-state index contributed by atoms with van der Waals surface area (Å²) < 4.78 is 7.60. The fourth-order valence-electron chi connectivity index (χ4n) is 2.84. The van der Waals surface area contributed by atoms with E-state index in [1.807, 2.05) is 24.2 Å². The molecule has 1 aromatic rings. The van der Waals surface area contributed by atoms with E-state index in [9.17, 15) is 0 Å². The molecule has 5 heteroatoms. The number of hydrogen-bond acceptors (Lipinski definition) is 5. The Labute approximate surface area is 119 Å². The van der Waals surface area contributed by atoms with Gasteiger partial charge in [-0.25, -0.2) is 9.29 Å². The molecule has 3 rings (SSSR count).